The fourth-order valence-electron chi connectivity index (χ4n) is 2.65. The van der Waals surface area contributed by atoms with E-state index in [0.717, 1.165) is 16.5 Å². The summed E-state index contributed by atoms with van der Waals surface area (Å²) in [6.07, 6.45) is 1.76. The molecule has 25 heavy (non-hydrogen) atoms. The van der Waals surface area contributed by atoms with Gasteiger partial charge < -0.3 is 9.40 Å². The van der Waals surface area contributed by atoms with Crippen molar-refractivity contribution in [3.8, 4) is 11.5 Å². The molecule has 5 nitrogen and oxygen atoms in total. The highest BCUT2D eigenvalue weighted by molar-refractivity contribution is 8.00. The van der Waals surface area contributed by atoms with Crippen LogP contribution in [0.15, 0.2) is 70.4 Å². The van der Waals surface area contributed by atoms with Crippen LogP contribution in [0.3, 0.4) is 0 Å². The fourth-order valence-corrected chi connectivity index (χ4v) is 3.41. The highest BCUT2D eigenvalue weighted by atomic mass is 32.2. The summed E-state index contributed by atoms with van der Waals surface area (Å²) in [5, 5.41) is 9.09. The summed E-state index contributed by atoms with van der Waals surface area (Å²) in [5.41, 5.74) is 2.49. The smallest absolute Gasteiger partial charge is 0.277 e. The van der Waals surface area contributed by atoms with Gasteiger partial charge in [0.15, 0.2) is 5.78 Å². The van der Waals surface area contributed by atoms with Crippen molar-refractivity contribution < 1.29 is 9.21 Å². The van der Waals surface area contributed by atoms with Gasteiger partial charge in [-0.25, -0.2) is 0 Å². The van der Waals surface area contributed by atoms with Crippen molar-refractivity contribution in [3.05, 3.63) is 66.4 Å². The molecule has 0 bridgehead atoms. The van der Waals surface area contributed by atoms with Crippen molar-refractivity contribution in [1.82, 2.24) is 15.2 Å². The van der Waals surface area contributed by atoms with Crippen LogP contribution in [-0.4, -0.2) is 26.2 Å². The van der Waals surface area contributed by atoms with Crippen molar-refractivity contribution in [1.29, 1.82) is 0 Å². The van der Waals surface area contributed by atoms with Crippen LogP contribution in [0.1, 0.15) is 17.3 Å². The first-order chi connectivity index (χ1) is 12.2. The van der Waals surface area contributed by atoms with Gasteiger partial charge in [0.25, 0.3) is 5.22 Å². The third-order valence-electron chi connectivity index (χ3n) is 3.93. The molecule has 0 unspecified atom stereocenters. The van der Waals surface area contributed by atoms with Gasteiger partial charge in [0.2, 0.25) is 5.89 Å². The third kappa shape index (κ3) is 3.08. The minimum atomic E-state index is -0.330. The Morgan fingerprint density at radius 3 is 2.68 bits per heavy atom. The Labute approximate surface area is 148 Å². The van der Waals surface area contributed by atoms with E-state index in [-0.39, 0.29) is 11.0 Å². The number of Topliss-reactive ketones (excluding diaryl/α,β-unsaturated/α-hetero) is 1. The van der Waals surface area contributed by atoms with E-state index >= 15 is 0 Å². The summed E-state index contributed by atoms with van der Waals surface area (Å²) in [6, 6.07) is 17.3. The molecular weight excluding hydrogens is 334 g/mol. The minimum Gasteiger partial charge on any atom is -0.411 e. The zero-order chi connectivity index (χ0) is 17.2. The van der Waals surface area contributed by atoms with Crippen molar-refractivity contribution in [2.24, 2.45) is 0 Å². The molecule has 0 fully saturated rings. The number of rotatable bonds is 5. The van der Waals surface area contributed by atoms with Gasteiger partial charge in [0.05, 0.1) is 5.25 Å². The highest BCUT2D eigenvalue weighted by Crippen LogP contribution is 2.29. The summed E-state index contributed by atoms with van der Waals surface area (Å²) in [5.74, 6) is 0.483. The summed E-state index contributed by atoms with van der Waals surface area (Å²) in [7, 11) is 0. The van der Waals surface area contributed by atoms with E-state index in [1.807, 2.05) is 61.5 Å². The predicted octanol–water partition coefficient (Wildman–Crippen LogP) is 4.58. The van der Waals surface area contributed by atoms with E-state index in [0.29, 0.717) is 16.7 Å². The van der Waals surface area contributed by atoms with Crippen LogP contribution in [0.2, 0.25) is 0 Å². The zero-order valence-corrected chi connectivity index (χ0v) is 14.3. The Morgan fingerprint density at radius 2 is 1.84 bits per heavy atom. The fraction of sp³-hybridized carbons (Fsp3) is 0.105. The van der Waals surface area contributed by atoms with Gasteiger partial charge in [0.1, 0.15) is 0 Å². The molecule has 0 aliphatic carbocycles. The first kappa shape index (κ1) is 15.7. The average molecular weight is 349 g/mol. The van der Waals surface area contributed by atoms with E-state index in [1.165, 1.54) is 11.8 Å². The van der Waals surface area contributed by atoms with Crippen molar-refractivity contribution in [2.75, 3.05) is 0 Å². The number of para-hydroxylation sites is 1. The lowest BCUT2D eigenvalue weighted by Crippen LogP contribution is -2.13. The molecule has 1 atom stereocenters. The SMILES string of the molecule is C[C@@H](Sc1nnc(-c2ccccc2)o1)C(=O)c1c[nH]c2ccccc12. The predicted molar refractivity (Wildman–Crippen MR) is 97.7 cm³/mol. The number of thioether (sulfide) groups is 1. The number of nitrogens with one attached hydrogen (secondary N) is 1. The van der Waals surface area contributed by atoms with Gasteiger partial charge in [-0.3, -0.25) is 4.79 Å². The van der Waals surface area contributed by atoms with E-state index in [2.05, 4.69) is 15.2 Å². The van der Waals surface area contributed by atoms with E-state index in [9.17, 15) is 4.79 Å². The molecule has 0 saturated heterocycles. The standard InChI is InChI=1S/C19H15N3O2S/c1-12(17(23)15-11-20-16-10-6-5-9-14(15)16)25-19-22-21-18(24-19)13-7-3-2-4-8-13/h2-12,20H,1H3/t12-/m1/s1. The van der Waals surface area contributed by atoms with E-state index in [1.54, 1.807) is 6.20 Å². The number of fused-ring (bicyclic) bond motifs is 1. The number of H-pyrrole nitrogens is 1. The normalized spacial score (nSPS) is 12.4. The van der Waals surface area contributed by atoms with Crippen LogP contribution >= 0.6 is 11.8 Å². The largest absolute Gasteiger partial charge is 0.411 e. The summed E-state index contributed by atoms with van der Waals surface area (Å²) in [4.78, 5) is 15.9. The molecule has 124 valence electrons. The Kier molecular flexibility index (Phi) is 4.11. The van der Waals surface area contributed by atoms with Crippen molar-refractivity contribution in [3.63, 3.8) is 0 Å². The number of hydrogen-bond donors (Lipinski definition) is 1. The van der Waals surface area contributed by atoms with E-state index in [4.69, 9.17) is 4.42 Å². The van der Waals surface area contributed by atoms with Crippen LogP contribution in [0, 0.1) is 0 Å². The van der Waals surface area contributed by atoms with Crippen LogP contribution in [0.25, 0.3) is 22.4 Å². The Morgan fingerprint density at radius 1 is 1.08 bits per heavy atom. The first-order valence-electron chi connectivity index (χ1n) is 7.88. The number of nitrogens with zero attached hydrogens (tertiary/aromatic N) is 2. The number of carbonyl (C=O) groups excluding carboxylic acids is 1. The number of aromatic amines is 1. The topological polar surface area (TPSA) is 71.8 Å². The van der Waals surface area contributed by atoms with Crippen LogP contribution in [0.5, 0.6) is 0 Å². The second-order valence-electron chi connectivity index (χ2n) is 5.61. The van der Waals surface area contributed by atoms with Gasteiger partial charge in [-0.15, -0.1) is 10.2 Å². The number of aromatic nitrogens is 3. The maximum absolute atomic E-state index is 12.8. The molecule has 1 N–H and O–H groups in total. The van der Waals surface area contributed by atoms with Gasteiger partial charge in [-0.05, 0) is 25.1 Å². The van der Waals surface area contributed by atoms with Gasteiger partial charge >= 0.3 is 0 Å². The molecule has 6 heteroatoms. The van der Waals surface area contributed by atoms with Gasteiger partial charge in [-0.1, -0.05) is 48.2 Å². The molecule has 2 aromatic heterocycles. The maximum atomic E-state index is 12.8. The molecule has 2 heterocycles. The molecule has 4 aromatic rings. The number of ketones is 1. The summed E-state index contributed by atoms with van der Waals surface area (Å²) < 4.78 is 5.68. The monoisotopic (exact) mass is 349 g/mol. The Balaban J connectivity index is 1.53. The third-order valence-corrected chi connectivity index (χ3v) is 4.86. The number of carbonyl (C=O) groups is 1. The van der Waals surface area contributed by atoms with Crippen LogP contribution in [0.4, 0.5) is 0 Å². The Bertz CT molecular complexity index is 1020. The second-order valence-corrected chi connectivity index (χ2v) is 6.90. The van der Waals surface area contributed by atoms with Crippen LogP contribution in [-0.2, 0) is 0 Å². The molecule has 2 aromatic carbocycles. The summed E-state index contributed by atoms with van der Waals surface area (Å²) >= 11 is 1.27. The summed E-state index contributed by atoms with van der Waals surface area (Å²) in [6.45, 7) is 1.85. The molecule has 0 aliphatic rings. The average Bonchev–Trinajstić information content (AvgIpc) is 3.29. The van der Waals surface area contributed by atoms with E-state index < -0.39 is 0 Å². The number of benzene rings is 2. The molecule has 0 radical (unpaired) electrons. The maximum Gasteiger partial charge on any atom is 0.277 e. The molecular formula is C19H15N3O2S. The minimum absolute atomic E-state index is 0.0295. The molecule has 0 saturated carbocycles. The lowest BCUT2D eigenvalue weighted by molar-refractivity contribution is 0.0995. The lowest BCUT2D eigenvalue weighted by atomic mass is 10.1. The van der Waals surface area contributed by atoms with Crippen molar-refractivity contribution >= 4 is 28.4 Å². The highest BCUT2D eigenvalue weighted by Gasteiger charge is 2.22. The van der Waals surface area contributed by atoms with Crippen molar-refractivity contribution in [2.45, 2.75) is 17.4 Å². The molecule has 0 amide bonds. The lowest BCUT2D eigenvalue weighted by Gasteiger charge is -2.06. The zero-order valence-electron chi connectivity index (χ0n) is 13.5. The van der Waals surface area contributed by atoms with Gasteiger partial charge in [-0.2, -0.15) is 0 Å². The quantitative estimate of drug-likeness (QED) is 0.422. The first-order valence-corrected chi connectivity index (χ1v) is 8.76. The number of hydrogen-bond acceptors (Lipinski definition) is 5. The van der Waals surface area contributed by atoms with Crippen LogP contribution < -0.4 is 0 Å². The van der Waals surface area contributed by atoms with Gasteiger partial charge in [0, 0.05) is 28.2 Å². The Hall–Kier alpha value is -2.86. The molecule has 0 aliphatic heterocycles. The second kappa shape index (κ2) is 6.57. The molecule has 4 rings (SSSR count). The molecule has 0 spiro atoms.